The Morgan fingerprint density at radius 2 is 2.05 bits per heavy atom. The van der Waals surface area contributed by atoms with E-state index in [4.69, 9.17) is 0 Å². The lowest BCUT2D eigenvalue weighted by Gasteiger charge is -2.22. The highest BCUT2D eigenvalue weighted by Gasteiger charge is 2.15. The summed E-state index contributed by atoms with van der Waals surface area (Å²) in [6.07, 6.45) is 3.82. The third kappa shape index (κ3) is 4.63. The average Bonchev–Trinajstić information content (AvgIpc) is 2.70. The zero-order valence-electron chi connectivity index (χ0n) is 12.4. The van der Waals surface area contributed by atoms with Crippen LogP contribution < -0.4 is 5.32 Å². The largest absolute Gasteiger partial charge is 0.313 e. The normalized spacial score (nSPS) is 22.9. The summed E-state index contributed by atoms with van der Waals surface area (Å²) < 4.78 is 0. The lowest BCUT2D eigenvalue weighted by molar-refractivity contribution is 0.279. The molecule has 1 fully saturated rings. The van der Waals surface area contributed by atoms with E-state index in [0.717, 1.165) is 12.6 Å². The Balaban J connectivity index is 1.76. The van der Waals surface area contributed by atoms with Gasteiger partial charge in [0, 0.05) is 19.1 Å². The quantitative estimate of drug-likeness (QED) is 0.874. The van der Waals surface area contributed by atoms with Crippen molar-refractivity contribution in [3.05, 3.63) is 35.9 Å². The Morgan fingerprint density at radius 1 is 1.26 bits per heavy atom. The van der Waals surface area contributed by atoms with Crippen molar-refractivity contribution in [3.63, 3.8) is 0 Å². The summed E-state index contributed by atoms with van der Waals surface area (Å²) in [5, 5.41) is 3.64. The van der Waals surface area contributed by atoms with E-state index >= 15 is 0 Å². The molecule has 0 aromatic heterocycles. The summed E-state index contributed by atoms with van der Waals surface area (Å²) in [6, 6.07) is 11.6. The second kappa shape index (κ2) is 7.66. The molecule has 1 aliphatic heterocycles. The van der Waals surface area contributed by atoms with E-state index in [1.165, 1.54) is 44.5 Å². The van der Waals surface area contributed by atoms with E-state index in [-0.39, 0.29) is 0 Å². The van der Waals surface area contributed by atoms with Crippen LogP contribution in [0.4, 0.5) is 0 Å². The molecule has 2 unspecified atom stereocenters. The molecular formula is C17H28N2. The first-order valence-corrected chi connectivity index (χ1v) is 7.80. The first-order chi connectivity index (χ1) is 9.29. The fourth-order valence-corrected chi connectivity index (χ4v) is 2.88. The highest BCUT2D eigenvalue weighted by Crippen LogP contribution is 2.19. The molecule has 19 heavy (non-hydrogen) atoms. The number of rotatable bonds is 5. The van der Waals surface area contributed by atoms with Gasteiger partial charge in [0.2, 0.25) is 0 Å². The molecule has 2 heteroatoms. The molecule has 0 saturated carbocycles. The van der Waals surface area contributed by atoms with Crippen LogP contribution in [-0.2, 0) is 0 Å². The molecule has 0 radical (unpaired) electrons. The van der Waals surface area contributed by atoms with Gasteiger partial charge < -0.3 is 10.2 Å². The van der Waals surface area contributed by atoms with E-state index in [9.17, 15) is 0 Å². The topological polar surface area (TPSA) is 15.3 Å². The van der Waals surface area contributed by atoms with Crippen molar-refractivity contribution in [1.29, 1.82) is 0 Å². The number of hydrogen-bond donors (Lipinski definition) is 1. The number of hydrogen-bond acceptors (Lipinski definition) is 2. The van der Waals surface area contributed by atoms with Gasteiger partial charge in [0.05, 0.1) is 0 Å². The van der Waals surface area contributed by atoms with Crippen LogP contribution in [0.5, 0.6) is 0 Å². The van der Waals surface area contributed by atoms with Gasteiger partial charge in [0.15, 0.2) is 0 Å². The van der Waals surface area contributed by atoms with E-state index in [1.54, 1.807) is 0 Å². The van der Waals surface area contributed by atoms with Gasteiger partial charge in [0.1, 0.15) is 0 Å². The average molecular weight is 260 g/mol. The maximum absolute atomic E-state index is 3.64. The van der Waals surface area contributed by atoms with Crippen LogP contribution in [0.25, 0.3) is 0 Å². The number of nitrogens with zero attached hydrogens (tertiary/aromatic N) is 1. The van der Waals surface area contributed by atoms with E-state index in [2.05, 4.69) is 54.4 Å². The highest BCUT2D eigenvalue weighted by atomic mass is 15.2. The SMILES string of the molecule is CCC1CCN(CCC(C)c2ccccc2)CCN1. The summed E-state index contributed by atoms with van der Waals surface area (Å²) in [4.78, 5) is 2.63. The third-order valence-electron chi connectivity index (χ3n) is 4.39. The monoisotopic (exact) mass is 260 g/mol. The van der Waals surface area contributed by atoms with Gasteiger partial charge in [-0.05, 0) is 43.8 Å². The molecule has 1 aromatic rings. The number of nitrogens with one attached hydrogen (secondary N) is 1. The third-order valence-corrected chi connectivity index (χ3v) is 4.39. The first kappa shape index (κ1) is 14.5. The van der Waals surface area contributed by atoms with Crippen molar-refractivity contribution >= 4 is 0 Å². The van der Waals surface area contributed by atoms with Crippen molar-refractivity contribution in [2.75, 3.05) is 26.2 Å². The van der Waals surface area contributed by atoms with Gasteiger partial charge in [-0.15, -0.1) is 0 Å². The maximum Gasteiger partial charge on any atom is 0.0107 e. The standard InChI is InChI=1S/C17H28N2/c1-3-17-10-13-19(14-11-18-17)12-9-15(2)16-7-5-4-6-8-16/h4-8,15,17-18H,3,9-14H2,1-2H3. The van der Waals surface area contributed by atoms with Crippen LogP contribution in [0.2, 0.25) is 0 Å². The van der Waals surface area contributed by atoms with Gasteiger partial charge in [-0.2, -0.15) is 0 Å². The predicted molar refractivity (Wildman–Crippen MR) is 82.6 cm³/mol. The van der Waals surface area contributed by atoms with E-state index < -0.39 is 0 Å². The molecule has 0 spiro atoms. The van der Waals surface area contributed by atoms with Crippen LogP contribution in [0.1, 0.15) is 44.6 Å². The van der Waals surface area contributed by atoms with Gasteiger partial charge in [-0.3, -0.25) is 0 Å². The molecule has 2 nitrogen and oxygen atoms in total. The van der Waals surface area contributed by atoms with Crippen LogP contribution >= 0.6 is 0 Å². The highest BCUT2D eigenvalue weighted by molar-refractivity contribution is 5.18. The smallest absolute Gasteiger partial charge is 0.0107 e. The fraction of sp³-hybridized carbons (Fsp3) is 0.647. The van der Waals surface area contributed by atoms with Crippen molar-refractivity contribution in [2.45, 2.75) is 45.1 Å². The number of benzene rings is 1. The van der Waals surface area contributed by atoms with Gasteiger partial charge >= 0.3 is 0 Å². The van der Waals surface area contributed by atoms with Gasteiger partial charge in [-0.25, -0.2) is 0 Å². The summed E-state index contributed by atoms with van der Waals surface area (Å²) in [5.74, 6) is 0.666. The Labute approximate surface area is 118 Å². The van der Waals surface area contributed by atoms with Crippen molar-refractivity contribution in [3.8, 4) is 0 Å². The Kier molecular flexibility index (Phi) is 5.87. The molecule has 0 amide bonds. The van der Waals surface area contributed by atoms with Gasteiger partial charge in [-0.1, -0.05) is 44.2 Å². The summed E-state index contributed by atoms with van der Waals surface area (Å²) in [7, 11) is 0. The minimum Gasteiger partial charge on any atom is -0.313 e. The molecule has 2 rings (SSSR count). The summed E-state index contributed by atoms with van der Waals surface area (Å²) in [5.41, 5.74) is 1.47. The second-order valence-corrected chi connectivity index (χ2v) is 5.79. The fourth-order valence-electron chi connectivity index (χ4n) is 2.88. The molecular weight excluding hydrogens is 232 g/mol. The minimum atomic E-state index is 0.666. The molecule has 1 aromatic carbocycles. The van der Waals surface area contributed by atoms with Crippen molar-refractivity contribution < 1.29 is 0 Å². The van der Waals surface area contributed by atoms with Crippen LogP contribution in [-0.4, -0.2) is 37.1 Å². The molecule has 106 valence electrons. The predicted octanol–water partition coefficient (Wildman–Crippen LogP) is 3.25. The van der Waals surface area contributed by atoms with Crippen LogP contribution in [0.15, 0.2) is 30.3 Å². The Bertz CT molecular complexity index is 350. The van der Waals surface area contributed by atoms with E-state index in [1.807, 2.05) is 0 Å². The zero-order chi connectivity index (χ0) is 13.5. The molecule has 1 heterocycles. The van der Waals surface area contributed by atoms with Crippen molar-refractivity contribution in [1.82, 2.24) is 10.2 Å². The summed E-state index contributed by atoms with van der Waals surface area (Å²) in [6.45, 7) is 9.47. The maximum atomic E-state index is 3.64. The molecule has 1 saturated heterocycles. The summed E-state index contributed by atoms with van der Waals surface area (Å²) >= 11 is 0. The second-order valence-electron chi connectivity index (χ2n) is 5.79. The molecule has 1 aliphatic rings. The van der Waals surface area contributed by atoms with Crippen LogP contribution in [0, 0.1) is 0 Å². The Hall–Kier alpha value is -0.860. The lowest BCUT2D eigenvalue weighted by Crippen LogP contribution is -2.30. The van der Waals surface area contributed by atoms with Gasteiger partial charge in [0.25, 0.3) is 0 Å². The molecule has 2 atom stereocenters. The minimum absolute atomic E-state index is 0.666. The Morgan fingerprint density at radius 3 is 2.79 bits per heavy atom. The molecule has 0 aliphatic carbocycles. The van der Waals surface area contributed by atoms with E-state index in [0.29, 0.717) is 5.92 Å². The molecule has 0 bridgehead atoms. The van der Waals surface area contributed by atoms with Crippen molar-refractivity contribution in [2.24, 2.45) is 0 Å². The molecule has 1 N–H and O–H groups in total. The first-order valence-electron chi connectivity index (χ1n) is 7.80. The lowest BCUT2D eigenvalue weighted by atomic mass is 9.98. The zero-order valence-corrected chi connectivity index (χ0v) is 12.4. The van der Waals surface area contributed by atoms with Crippen LogP contribution in [0.3, 0.4) is 0 Å².